The summed E-state index contributed by atoms with van der Waals surface area (Å²) in [6.07, 6.45) is 0. The van der Waals surface area contributed by atoms with Gasteiger partial charge in [-0.3, -0.25) is 0 Å². The van der Waals surface area contributed by atoms with Crippen molar-refractivity contribution in [1.82, 2.24) is 4.57 Å². The van der Waals surface area contributed by atoms with Crippen LogP contribution in [-0.2, 0) is 0 Å². The van der Waals surface area contributed by atoms with E-state index in [9.17, 15) is 0 Å². The van der Waals surface area contributed by atoms with Crippen LogP contribution in [0.5, 0.6) is 0 Å². The average Bonchev–Trinajstić information content (AvgIpc) is 3.43. The van der Waals surface area contributed by atoms with Crippen molar-refractivity contribution in [1.29, 1.82) is 0 Å². The Morgan fingerprint density at radius 3 is 1.48 bits per heavy atom. The highest BCUT2D eigenvalue weighted by Gasteiger charge is 2.19. The van der Waals surface area contributed by atoms with Crippen LogP contribution in [0.15, 0.2) is 182 Å². The lowest BCUT2D eigenvalue weighted by molar-refractivity contribution is 1.18. The summed E-state index contributed by atoms with van der Waals surface area (Å²) in [5, 5.41) is 2.47. The molecule has 0 saturated carbocycles. The zero-order chi connectivity index (χ0) is 29.3. The second kappa shape index (κ2) is 11.1. The molecule has 0 N–H and O–H groups in total. The summed E-state index contributed by atoms with van der Waals surface area (Å²) in [6, 6.07) is 65.1. The number of hydrogen-bond acceptors (Lipinski definition) is 1. The van der Waals surface area contributed by atoms with Gasteiger partial charge >= 0.3 is 0 Å². The molecule has 8 rings (SSSR count). The van der Waals surface area contributed by atoms with E-state index in [-0.39, 0.29) is 0 Å². The van der Waals surface area contributed by atoms with Crippen LogP contribution in [0.25, 0.3) is 49.7 Å². The van der Waals surface area contributed by atoms with Crippen LogP contribution in [0.4, 0.5) is 17.1 Å². The predicted octanol–water partition coefficient (Wildman–Crippen LogP) is 11.6. The van der Waals surface area contributed by atoms with Gasteiger partial charge < -0.3 is 9.47 Å². The largest absolute Gasteiger partial charge is 0.310 e. The summed E-state index contributed by atoms with van der Waals surface area (Å²) < 4.78 is 2.46. The van der Waals surface area contributed by atoms with E-state index in [2.05, 4.69) is 191 Å². The number of benzene rings is 7. The minimum atomic E-state index is 1.11. The lowest BCUT2D eigenvalue weighted by atomic mass is 10.0. The molecule has 1 aromatic heterocycles. The molecular formula is C42H30N2. The SMILES string of the molecule is c1ccc(-c2ccc3c4ccc(N(c5ccccc5)c5ccccc5)cc4n(-c4ccccc4-c4ccccc4)c3c2)cc1. The minimum Gasteiger partial charge on any atom is -0.310 e. The normalized spacial score (nSPS) is 11.2. The van der Waals surface area contributed by atoms with Gasteiger partial charge in [0.15, 0.2) is 0 Å². The predicted molar refractivity (Wildman–Crippen MR) is 186 cm³/mol. The van der Waals surface area contributed by atoms with Crippen molar-refractivity contribution in [2.24, 2.45) is 0 Å². The van der Waals surface area contributed by atoms with Crippen molar-refractivity contribution in [2.45, 2.75) is 0 Å². The maximum Gasteiger partial charge on any atom is 0.0562 e. The molecule has 0 radical (unpaired) electrons. The molecule has 0 spiro atoms. The number of hydrogen-bond donors (Lipinski definition) is 0. The van der Waals surface area contributed by atoms with E-state index in [1.165, 1.54) is 44.1 Å². The van der Waals surface area contributed by atoms with Crippen LogP contribution >= 0.6 is 0 Å². The zero-order valence-corrected chi connectivity index (χ0v) is 24.2. The molecule has 0 bridgehead atoms. The second-order valence-corrected chi connectivity index (χ2v) is 11.0. The summed E-state index contributed by atoms with van der Waals surface area (Å²) in [4.78, 5) is 2.33. The number of aromatic nitrogens is 1. The van der Waals surface area contributed by atoms with E-state index < -0.39 is 0 Å². The highest BCUT2D eigenvalue weighted by molar-refractivity contribution is 6.11. The van der Waals surface area contributed by atoms with Gasteiger partial charge in [-0.25, -0.2) is 0 Å². The molecule has 0 unspecified atom stereocenters. The summed E-state index contributed by atoms with van der Waals surface area (Å²) in [7, 11) is 0. The van der Waals surface area contributed by atoms with E-state index >= 15 is 0 Å². The first-order chi connectivity index (χ1) is 21.8. The Hall–Kier alpha value is -5.86. The van der Waals surface area contributed by atoms with Crippen LogP contribution in [0.1, 0.15) is 0 Å². The molecule has 0 aliphatic carbocycles. The van der Waals surface area contributed by atoms with Gasteiger partial charge in [0.2, 0.25) is 0 Å². The van der Waals surface area contributed by atoms with Crippen LogP contribution in [0.3, 0.4) is 0 Å². The van der Waals surface area contributed by atoms with Crippen molar-refractivity contribution < 1.29 is 0 Å². The zero-order valence-electron chi connectivity index (χ0n) is 24.2. The molecule has 2 heteroatoms. The lowest BCUT2D eigenvalue weighted by Gasteiger charge is -2.25. The van der Waals surface area contributed by atoms with E-state index in [4.69, 9.17) is 0 Å². The minimum absolute atomic E-state index is 1.11. The Labute approximate surface area is 257 Å². The van der Waals surface area contributed by atoms with Gasteiger partial charge in [-0.2, -0.15) is 0 Å². The van der Waals surface area contributed by atoms with Gasteiger partial charge in [0.25, 0.3) is 0 Å². The van der Waals surface area contributed by atoms with Gasteiger partial charge in [0.1, 0.15) is 0 Å². The maximum atomic E-state index is 2.46. The molecule has 44 heavy (non-hydrogen) atoms. The number of nitrogens with zero attached hydrogens (tertiary/aromatic N) is 2. The van der Waals surface area contributed by atoms with E-state index in [1.807, 2.05) is 0 Å². The first kappa shape index (κ1) is 25.8. The first-order valence-corrected chi connectivity index (χ1v) is 15.0. The maximum absolute atomic E-state index is 2.46. The molecule has 8 aromatic rings. The third-order valence-corrected chi connectivity index (χ3v) is 8.37. The molecule has 0 fully saturated rings. The van der Waals surface area contributed by atoms with Crippen molar-refractivity contribution in [3.05, 3.63) is 182 Å². The number of fused-ring (bicyclic) bond motifs is 3. The Kier molecular flexibility index (Phi) is 6.51. The molecule has 0 aliphatic rings. The molecule has 0 amide bonds. The van der Waals surface area contributed by atoms with Gasteiger partial charge in [-0.05, 0) is 65.2 Å². The molecule has 0 atom stereocenters. The number of anilines is 3. The average molecular weight is 563 g/mol. The smallest absolute Gasteiger partial charge is 0.0562 e. The monoisotopic (exact) mass is 562 g/mol. The fraction of sp³-hybridized carbons (Fsp3) is 0. The van der Waals surface area contributed by atoms with Crippen LogP contribution in [0.2, 0.25) is 0 Å². The summed E-state index contributed by atoms with van der Waals surface area (Å²) >= 11 is 0. The highest BCUT2D eigenvalue weighted by atomic mass is 15.1. The second-order valence-electron chi connectivity index (χ2n) is 11.0. The number of para-hydroxylation sites is 3. The van der Waals surface area contributed by atoms with Gasteiger partial charge in [0.05, 0.1) is 16.7 Å². The van der Waals surface area contributed by atoms with Crippen molar-refractivity contribution in [3.8, 4) is 27.9 Å². The fourth-order valence-corrected chi connectivity index (χ4v) is 6.35. The Morgan fingerprint density at radius 2 is 0.841 bits per heavy atom. The van der Waals surface area contributed by atoms with Crippen molar-refractivity contribution in [3.63, 3.8) is 0 Å². The molecule has 208 valence electrons. The Morgan fingerprint density at radius 1 is 0.341 bits per heavy atom. The van der Waals surface area contributed by atoms with E-state index in [0.29, 0.717) is 0 Å². The summed E-state index contributed by atoms with van der Waals surface area (Å²) in [5.74, 6) is 0. The summed E-state index contributed by atoms with van der Waals surface area (Å²) in [6.45, 7) is 0. The standard InChI is InChI=1S/C42H30N2/c1-5-15-31(16-6-1)33-25-27-38-39-28-26-36(43(34-19-9-3-10-20-34)35-21-11-4-12-22-35)30-42(39)44(41(38)29-33)40-24-14-13-23-37(40)32-17-7-2-8-18-32/h1-30H. The van der Waals surface area contributed by atoms with E-state index in [1.54, 1.807) is 0 Å². The molecular weight excluding hydrogens is 532 g/mol. The first-order valence-electron chi connectivity index (χ1n) is 15.0. The fourth-order valence-electron chi connectivity index (χ4n) is 6.35. The molecule has 2 nitrogen and oxygen atoms in total. The van der Waals surface area contributed by atoms with E-state index in [0.717, 1.165) is 22.7 Å². The lowest BCUT2D eigenvalue weighted by Crippen LogP contribution is -2.09. The molecule has 0 aliphatic heterocycles. The third-order valence-electron chi connectivity index (χ3n) is 8.37. The van der Waals surface area contributed by atoms with Crippen LogP contribution < -0.4 is 4.90 Å². The Balaban J connectivity index is 1.44. The van der Waals surface area contributed by atoms with Gasteiger partial charge in [-0.1, -0.05) is 133 Å². The molecule has 7 aromatic carbocycles. The topological polar surface area (TPSA) is 8.17 Å². The number of rotatable bonds is 6. The van der Waals surface area contributed by atoms with Gasteiger partial charge in [-0.15, -0.1) is 0 Å². The summed E-state index contributed by atoms with van der Waals surface area (Å²) in [5.41, 5.74) is 11.7. The van der Waals surface area contributed by atoms with Crippen LogP contribution in [0, 0.1) is 0 Å². The van der Waals surface area contributed by atoms with Crippen LogP contribution in [-0.4, -0.2) is 4.57 Å². The highest BCUT2D eigenvalue weighted by Crippen LogP contribution is 2.41. The van der Waals surface area contributed by atoms with Gasteiger partial charge in [0, 0.05) is 33.4 Å². The van der Waals surface area contributed by atoms with Crippen molar-refractivity contribution >= 4 is 38.9 Å². The molecule has 1 heterocycles. The molecule has 0 saturated heterocycles. The Bertz CT molecular complexity index is 2160. The quantitative estimate of drug-likeness (QED) is 0.196. The van der Waals surface area contributed by atoms with Crippen molar-refractivity contribution in [2.75, 3.05) is 4.90 Å². The third kappa shape index (κ3) is 4.54.